The molecule has 2 rings (SSSR count). The van der Waals surface area contributed by atoms with E-state index >= 15 is 0 Å². The predicted octanol–water partition coefficient (Wildman–Crippen LogP) is 2.72. The molecular weight excluding hydrogens is 266 g/mol. The van der Waals surface area contributed by atoms with Crippen molar-refractivity contribution in [3.63, 3.8) is 0 Å². The van der Waals surface area contributed by atoms with Gasteiger partial charge in [-0.2, -0.15) is 4.98 Å². The van der Waals surface area contributed by atoms with E-state index in [0.717, 1.165) is 24.9 Å². The van der Waals surface area contributed by atoms with Crippen LogP contribution in [0.15, 0.2) is 16.9 Å². The van der Waals surface area contributed by atoms with Gasteiger partial charge in [0.25, 0.3) is 0 Å². The molecule has 0 saturated heterocycles. The molecule has 2 heterocycles. The third-order valence-corrected chi connectivity index (χ3v) is 3.50. The molecule has 0 aliphatic heterocycles. The first kappa shape index (κ1) is 15.6. The van der Waals surface area contributed by atoms with E-state index in [0.29, 0.717) is 23.6 Å². The second-order valence-corrected chi connectivity index (χ2v) is 5.30. The third-order valence-electron chi connectivity index (χ3n) is 3.50. The highest BCUT2D eigenvalue weighted by molar-refractivity contribution is 5.41. The van der Waals surface area contributed by atoms with Crippen LogP contribution in [-0.4, -0.2) is 32.7 Å². The minimum atomic E-state index is 0.197. The summed E-state index contributed by atoms with van der Waals surface area (Å²) in [5.74, 6) is 1.79. The summed E-state index contributed by atoms with van der Waals surface area (Å²) in [6.45, 7) is 9.36. The summed E-state index contributed by atoms with van der Waals surface area (Å²) in [6, 6.07) is 0.294. The van der Waals surface area contributed by atoms with Crippen LogP contribution in [-0.2, 0) is 0 Å². The van der Waals surface area contributed by atoms with Gasteiger partial charge in [-0.25, -0.2) is 9.97 Å². The van der Waals surface area contributed by atoms with E-state index in [1.54, 1.807) is 12.4 Å². The Morgan fingerprint density at radius 1 is 1.19 bits per heavy atom. The number of nitrogens with one attached hydrogen (secondary N) is 1. The topological polar surface area (TPSA) is 76.7 Å². The molecule has 2 aromatic heterocycles. The molecular formula is C15H23N5O. The summed E-state index contributed by atoms with van der Waals surface area (Å²) >= 11 is 0. The van der Waals surface area contributed by atoms with Crippen molar-refractivity contribution >= 4 is 0 Å². The van der Waals surface area contributed by atoms with Gasteiger partial charge < -0.3 is 9.84 Å². The van der Waals surface area contributed by atoms with Gasteiger partial charge in [0.15, 0.2) is 0 Å². The fourth-order valence-corrected chi connectivity index (χ4v) is 2.24. The molecule has 1 N–H and O–H groups in total. The standard InChI is InChI=1S/C15H23N5O/c1-5-7-16-11(4)12(6-2)15-19-14(20-21-15)13-17-8-10(3)9-18-13/h8-9,11-12,16H,5-7H2,1-4H3. The fourth-order valence-electron chi connectivity index (χ4n) is 2.24. The zero-order valence-electron chi connectivity index (χ0n) is 13.1. The van der Waals surface area contributed by atoms with Crippen molar-refractivity contribution in [3.8, 4) is 11.6 Å². The number of aryl methyl sites for hydroxylation is 1. The lowest BCUT2D eigenvalue weighted by molar-refractivity contribution is 0.316. The van der Waals surface area contributed by atoms with Crippen LogP contribution >= 0.6 is 0 Å². The first-order valence-electron chi connectivity index (χ1n) is 7.51. The largest absolute Gasteiger partial charge is 0.338 e. The van der Waals surface area contributed by atoms with Gasteiger partial charge in [-0.05, 0) is 38.8 Å². The number of hydrogen-bond acceptors (Lipinski definition) is 6. The third kappa shape index (κ3) is 3.85. The van der Waals surface area contributed by atoms with Crippen LogP contribution in [0.2, 0.25) is 0 Å². The molecule has 0 saturated carbocycles. The molecule has 0 aliphatic rings. The van der Waals surface area contributed by atoms with Crippen molar-refractivity contribution in [2.75, 3.05) is 6.54 Å². The average Bonchev–Trinajstić information content (AvgIpc) is 2.96. The summed E-state index contributed by atoms with van der Waals surface area (Å²) < 4.78 is 5.42. The number of aromatic nitrogens is 4. The summed E-state index contributed by atoms with van der Waals surface area (Å²) in [5, 5.41) is 7.49. The monoisotopic (exact) mass is 289 g/mol. The van der Waals surface area contributed by atoms with Crippen molar-refractivity contribution in [2.45, 2.75) is 52.5 Å². The Hall–Kier alpha value is -1.82. The lowest BCUT2D eigenvalue weighted by Crippen LogP contribution is -2.32. The van der Waals surface area contributed by atoms with Crippen molar-refractivity contribution in [3.05, 3.63) is 23.8 Å². The summed E-state index contributed by atoms with van der Waals surface area (Å²) in [6.07, 6.45) is 5.55. The Morgan fingerprint density at radius 3 is 2.52 bits per heavy atom. The SMILES string of the molecule is CCCNC(C)C(CC)c1nc(-c2ncc(C)cn2)no1. The minimum Gasteiger partial charge on any atom is -0.338 e. The van der Waals surface area contributed by atoms with Crippen LogP contribution in [0.4, 0.5) is 0 Å². The van der Waals surface area contributed by atoms with Gasteiger partial charge in [0, 0.05) is 18.4 Å². The molecule has 6 nitrogen and oxygen atoms in total. The molecule has 0 bridgehead atoms. The van der Waals surface area contributed by atoms with Crippen LogP contribution in [0, 0.1) is 6.92 Å². The van der Waals surface area contributed by atoms with Gasteiger partial charge in [-0.15, -0.1) is 0 Å². The second kappa shape index (κ2) is 7.26. The van der Waals surface area contributed by atoms with Crippen LogP contribution in [0.5, 0.6) is 0 Å². The minimum absolute atomic E-state index is 0.197. The Morgan fingerprint density at radius 2 is 1.90 bits per heavy atom. The number of nitrogens with zero attached hydrogens (tertiary/aromatic N) is 4. The van der Waals surface area contributed by atoms with E-state index in [1.807, 2.05) is 6.92 Å². The van der Waals surface area contributed by atoms with Gasteiger partial charge in [0.05, 0.1) is 5.92 Å². The molecule has 0 aliphatic carbocycles. The quantitative estimate of drug-likeness (QED) is 0.844. The van der Waals surface area contributed by atoms with E-state index in [9.17, 15) is 0 Å². The smallest absolute Gasteiger partial charge is 0.240 e. The molecule has 0 aromatic carbocycles. The van der Waals surface area contributed by atoms with Gasteiger partial charge in [0.1, 0.15) is 0 Å². The first-order chi connectivity index (χ1) is 10.2. The predicted molar refractivity (Wildman–Crippen MR) is 80.8 cm³/mol. The Kier molecular flexibility index (Phi) is 5.38. The van der Waals surface area contributed by atoms with Gasteiger partial charge >= 0.3 is 0 Å². The zero-order chi connectivity index (χ0) is 15.2. The summed E-state index contributed by atoms with van der Waals surface area (Å²) in [5.41, 5.74) is 1.01. The molecule has 0 fully saturated rings. The zero-order valence-corrected chi connectivity index (χ0v) is 13.1. The maximum absolute atomic E-state index is 5.42. The van der Waals surface area contributed by atoms with Crippen LogP contribution in [0.25, 0.3) is 11.6 Å². The lowest BCUT2D eigenvalue weighted by atomic mass is 9.98. The van der Waals surface area contributed by atoms with Crippen LogP contribution in [0.1, 0.15) is 51.0 Å². The maximum atomic E-state index is 5.42. The highest BCUT2D eigenvalue weighted by Gasteiger charge is 2.24. The molecule has 114 valence electrons. The van der Waals surface area contributed by atoms with E-state index in [1.165, 1.54) is 0 Å². The van der Waals surface area contributed by atoms with E-state index in [4.69, 9.17) is 4.52 Å². The van der Waals surface area contributed by atoms with Crippen LogP contribution in [0.3, 0.4) is 0 Å². The van der Waals surface area contributed by atoms with E-state index in [-0.39, 0.29) is 5.92 Å². The van der Waals surface area contributed by atoms with E-state index in [2.05, 4.69) is 46.2 Å². The number of hydrogen-bond donors (Lipinski definition) is 1. The fraction of sp³-hybridized carbons (Fsp3) is 0.600. The van der Waals surface area contributed by atoms with Crippen molar-refractivity contribution in [1.82, 2.24) is 25.4 Å². The molecule has 2 aromatic rings. The van der Waals surface area contributed by atoms with Gasteiger partial charge in [-0.1, -0.05) is 19.0 Å². The molecule has 2 atom stereocenters. The normalized spacial score (nSPS) is 14.1. The highest BCUT2D eigenvalue weighted by Crippen LogP contribution is 2.23. The molecule has 6 heteroatoms. The van der Waals surface area contributed by atoms with Crippen molar-refractivity contribution in [2.24, 2.45) is 0 Å². The van der Waals surface area contributed by atoms with Gasteiger partial charge in [-0.3, -0.25) is 0 Å². The van der Waals surface area contributed by atoms with Crippen molar-refractivity contribution < 1.29 is 4.52 Å². The first-order valence-corrected chi connectivity index (χ1v) is 7.51. The Labute approximate surface area is 125 Å². The highest BCUT2D eigenvalue weighted by atomic mass is 16.5. The lowest BCUT2D eigenvalue weighted by Gasteiger charge is -2.20. The number of rotatable bonds is 7. The molecule has 0 radical (unpaired) electrons. The van der Waals surface area contributed by atoms with Gasteiger partial charge in [0.2, 0.25) is 17.5 Å². The Bertz CT molecular complexity index is 551. The van der Waals surface area contributed by atoms with Crippen LogP contribution < -0.4 is 5.32 Å². The maximum Gasteiger partial charge on any atom is 0.240 e. The summed E-state index contributed by atoms with van der Waals surface area (Å²) in [4.78, 5) is 12.9. The second-order valence-electron chi connectivity index (χ2n) is 5.30. The van der Waals surface area contributed by atoms with E-state index < -0.39 is 0 Å². The molecule has 21 heavy (non-hydrogen) atoms. The molecule has 0 amide bonds. The molecule has 0 spiro atoms. The average molecular weight is 289 g/mol. The molecule has 2 unspecified atom stereocenters. The van der Waals surface area contributed by atoms with Crippen molar-refractivity contribution in [1.29, 1.82) is 0 Å². The Balaban J connectivity index is 2.15. The summed E-state index contributed by atoms with van der Waals surface area (Å²) in [7, 11) is 0.